The van der Waals surface area contributed by atoms with E-state index in [1.807, 2.05) is 13.8 Å². The fraction of sp³-hybridized carbons (Fsp3) is 0.429. The lowest BCUT2D eigenvalue weighted by atomic mass is 10.1. The van der Waals surface area contributed by atoms with E-state index in [2.05, 4.69) is 19.6 Å². The molecule has 0 saturated carbocycles. The highest BCUT2D eigenvalue weighted by molar-refractivity contribution is 6.78. The van der Waals surface area contributed by atoms with E-state index < -0.39 is 25.2 Å². The van der Waals surface area contributed by atoms with E-state index in [9.17, 15) is 9.59 Å². The van der Waals surface area contributed by atoms with Crippen LogP contribution in [-0.2, 0) is 4.74 Å². The van der Waals surface area contributed by atoms with Gasteiger partial charge in [-0.1, -0.05) is 25.7 Å². The van der Waals surface area contributed by atoms with Gasteiger partial charge in [0.05, 0.1) is 24.4 Å². The first-order valence-electron chi connectivity index (χ1n) is 6.11. The van der Waals surface area contributed by atoms with E-state index in [0.29, 0.717) is 0 Å². The Kier molecular flexibility index (Phi) is 4.20. The van der Waals surface area contributed by atoms with Crippen LogP contribution in [0.1, 0.15) is 34.6 Å². The molecule has 4 nitrogen and oxygen atoms in total. The number of benzene rings is 1. The number of esters is 1. The van der Waals surface area contributed by atoms with Gasteiger partial charge in [-0.15, -0.1) is 0 Å². The second kappa shape index (κ2) is 5.17. The molecule has 19 heavy (non-hydrogen) atoms. The zero-order valence-electron chi connectivity index (χ0n) is 12.0. The van der Waals surface area contributed by atoms with Gasteiger partial charge in [-0.2, -0.15) is 0 Å². The number of carbonyl (C=O) groups is 2. The third kappa shape index (κ3) is 3.67. The molecule has 0 aliphatic carbocycles. The van der Waals surface area contributed by atoms with Crippen LogP contribution in [0.25, 0.3) is 0 Å². The minimum absolute atomic E-state index is 0.0836. The predicted molar refractivity (Wildman–Crippen MR) is 76.2 cm³/mol. The van der Waals surface area contributed by atoms with Crippen molar-refractivity contribution in [2.24, 2.45) is 0 Å². The van der Waals surface area contributed by atoms with Crippen LogP contribution in [0.4, 0.5) is 0 Å². The minimum Gasteiger partial charge on any atom is -0.478 e. The second-order valence-corrected chi connectivity index (χ2v) is 11.7. The van der Waals surface area contributed by atoms with Gasteiger partial charge in [0.15, 0.2) is 0 Å². The van der Waals surface area contributed by atoms with E-state index in [1.165, 1.54) is 12.1 Å². The highest BCUT2D eigenvalue weighted by Crippen LogP contribution is 2.25. The molecule has 0 atom stereocenters. The summed E-state index contributed by atoms with van der Waals surface area (Å²) in [6.45, 7) is 10.2. The summed E-state index contributed by atoms with van der Waals surface area (Å²) in [5.74, 6) is -1.53. The average Bonchev–Trinajstić information content (AvgIpc) is 2.27. The summed E-state index contributed by atoms with van der Waals surface area (Å²) in [7, 11) is -1.68. The Morgan fingerprint density at radius 3 is 2.16 bits per heavy atom. The van der Waals surface area contributed by atoms with Gasteiger partial charge >= 0.3 is 11.9 Å². The fourth-order valence-electron chi connectivity index (χ4n) is 1.22. The van der Waals surface area contributed by atoms with Crippen molar-refractivity contribution in [2.45, 2.75) is 38.7 Å². The number of rotatable bonds is 4. The van der Waals surface area contributed by atoms with Gasteiger partial charge in [0.25, 0.3) is 0 Å². The molecule has 0 unspecified atom stereocenters. The van der Waals surface area contributed by atoms with Gasteiger partial charge in [0.1, 0.15) is 0 Å². The Morgan fingerprint density at radius 1 is 1.16 bits per heavy atom. The number of carboxylic acids is 1. The van der Waals surface area contributed by atoms with Crippen LogP contribution in [0.15, 0.2) is 24.3 Å². The monoisotopic (exact) mass is 280 g/mol. The molecular formula is C14H20O4Si. The quantitative estimate of drug-likeness (QED) is 0.679. The number of carbonyl (C=O) groups excluding carboxylic acids is 1. The van der Waals surface area contributed by atoms with Crippen LogP contribution in [-0.4, -0.2) is 30.3 Å². The van der Waals surface area contributed by atoms with Crippen molar-refractivity contribution in [1.82, 2.24) is 0 Å². The molecule has 0 spiro atoms. The van der Waals surface area contributed by atoms with E-state index in [4.69, 9.17) is 9.84 Å². The zero-order valence-corrected chi connectivity index (χ0v) is 13.0. The molecule has 0 saturated heterocycles. The molecule has 0 aliphatic heterocycles. The molecular weight excluding hydrogens is 260 g/mol. The second-order valence-electron chi connectivity index (χ2n) is 6.04. The third-order valence-electron chi connectivity index (χ3n) is 3.50. The normalized spacial score (nSPS) is 12.1. The van der Waals surface area contributed by atoms with Crippen molar-refractivity contribution in [2.75, 3.05) is 0 Å². The van der Waals surface area contributed by atoms with Crippen molar-refractivity contribution in [3.8, 4) is 0 Å². The molecule has 0 aromatic heterocycles. The van der Waals surface area contributed by atoms with Crippen LogP contribution in [0.2, 0.25) is 19.6 Å². The Labute approximate surface area is 114 Å². The van der Waals surface area contributed by atoms with Crippen molar-refractivity contribution in [3.05, 3.63) is 35.4 Å². The molecule has 0 heterocycles. The Morgan fingerprint density at radius 2 is 1.68 bits per heavy atom. The van der Waals surface area contributed by atoms with Gasteiger partial charge in [-0.3, -0.25) is 0 Å². The van der Waals surface area contributed by atoms with Crippen LogP contribution >= 0.6 is 0 Å². The third-order valence-corrected chi connectivity index (χ3v) is 7.21. The molecule has 0 fully saturated rings. The summed E-state index contributed by atoms with van der Waals surface area (Å²) in [6, 6.07) is 5.89. The molecule has 0 bridgehead atoms. The maximum atomic E-state index is 12.1. The lowest BCUT2D eigenvalue weighted by Crippen LogP contribution is -2.50. The number of ether oxygens (including phenoxy) is 1. The van der Waals surface area contributed by atoms with E-state index >= 15 is 0 Å². The molecule has 1 aromatic carbocycles. The van der Waals surface area contributed by atoms with Crippen molar-refractivity contribution in [1.29, 1.82) is 0 Å². The molecule has 1 rings (SSSR count). The largest absolute Gasteiger partial charge is 0.478 e. The van der Waals surface area contributed by atoms with Crippen LogP contribution in [0, 0.1) is 0 Å². The molecule has 5 heteroatoms. The molecule has 0 aliphatic rings. The molecule has 0 radical (unpaired) electrons. The maximum Gasteiger partial charge on any atom is 0.338 e. The molecule has 1 aromatic rings. The van der Waals surface area contributed by atoms with E-state index in [-0.39, 0.29) is 11.1 Å². The summed E-state index contributed by atoms with van der Waals surface area (Å²) in [4.78, 5) is 23.0. The summed E-state index contributed by atoms with van der Waals surface area (Å²) in [6.07, 6.45) is 0. The minimum atomic E-state index is -1.68. The maximum absolute atomic E-state index is 12.1. The van der Waals surface area contributed by atoms with Crippen molar-refractivity contribution in [3.63, 3.8) is 0 Å². The van der Waals surface area contributed by atoms with Gasteiger partial charge in [-0.25, -0.2) is 9.59 Å². The predicted octanol–water partition coefficient (Wildman–Crippen LogP) is 3.20. The highest BCUT2D eigenvalue weighted by Gasteiger charge is 2.38. The first kappa shape index (κ1) is 15.4. The van der Waals surface area contributed by atoms with Crippen LogP contribution in [0.3, 0.4) is 0 Å². The number of hydrogen-bond donors (Lipinski definition) is 1. The first-order valence-corrected chi connectivity index (χ1v) is 9.61. The Hall–Kier alpha value is -1.62. The van der Waals surface area contributed by atoms with E-state index in [0.717, 1.165) is 0 Å². The summed E-state index contributed by atoms with van der Waals surface area (Å²) < 4.78 is 5.55. The highest BCUT2D eigenvalue weighted by atomic mass is 28.3. The van der Waals surface area contributed by atoms with Gasteiger partial charge in [0.2, 0.25) is 0 Å². The lowest BCUT2D eigenvalue weighted by Gasteiger charge is -2.36. The van der Waals surface area contributed by atoms with Gasteiger partial charge < -0.3 is 9.84 Å². The SMILES string of the molecule is CC(C)(OC(=O)c1cccc(C(=O)O)c1)[Si](C)(C)C. The van der Waals surface area contributed by atoms with E-state index in [1.54, 1.807) is 12.1 Å². The van der Waals surface area contributed by atoms with Crippen molar-refractivity contribution >= 4 is 20.0 Å². The average molecular weight is 280 g/mol. The summed E-state index contributed by atoms with van der Waals surface area (Å²) in [5.41, 5.74) is 0.353. The molecule has 104 valence electrons. The number of aromatic carboxylic acids is 1. The molecule has 1 N–H and O–H groups in total. The van der Waals surface area contributed by atoms with Crippen molar-refractivity contribution < 1.29 is 19.4 Å². The Bertz CT molecular complexity index is 500. The van der Waals surface area contributed by atoms with Gasteiger partial charge in [0, 0.05) is 0 Å². The standard InChI is InChI=1S/C14H20O4Si/c1-14(2,19(3,4)5)18-13(17)11-8-6-7-10(9-11)12(15)16/h6-9H,1-5H3,(H,15,16). The number of hydrogen-bond acceptors (Lipinski definition) is 3. The lowest BCUT2D eigenvalue weighted by molar-refractivity contribution is 0.0242. The van der Waals surface area contributed by atoms with Crippen LogP contribution < -0.4 is 0 Å². The first-order chi connectivity index (χ1) is 8.54. The smallest absolute Gasteiger partial charge is 0.338 e. The number of carboxylic acid groups (broad SMARTS) is 1. The van der Waals surface area contributed by atoms with Crippen LogP contribution in [0.5, 0.6) is 0 Å². The molecule has 0 amide bonds. The summed E-state index contributed by atoms with van der Waals surface area (Å²) in [5, 5.41) is 8.40. The zero-order chi connectivity index (χ0) is 14.8. The topological polar surface area (TPSA) is 63.6 Å². The fourth-order valence-corrected chi connectivity index (χ4v) is 1.62. The Balaban J connectivity index is 2.96. The summed E-state index contributed by atoms with van der Waals surface area (Å²) >= 11 is 0. The van der Waals surface area contributed by atoms with Gasteiger partial charge in [-0.05, 0) is 32.0 Å².